The number of hydrogen-bond donors (Lipinski definition) is 1. The molecule has 4 heterocycles. The Morgan fingerprint density at radius 2 is 1.86 bits per heavy atom. The van der Waals surface area contributed by atoms with Crippen LogP contribution < -0.4 is 10.1 Å². The Hall–Kier alpha value is -4.32. The summed E-state index contributed by atoms with van der Waals surface area (Å²) >= 11 is 1.49. The van der Waals surface area contributed by atoms with Crippen LogP contribution in [-0.2, 0) is 12.7 Å². The lowest BCUT2D eigenvalue weighted by Gasteiger charge is -2.33. The zero-order chi connectivity index (χ0) is 30.8. The number of rotatable bonds is 7. The fraction of sp³-hybridized carbons (Fsp3) is 0.242. The van der Waals surface area contributed by atoms with Gasteiger partial charge in [0.2, 0.25) is 0 Å². The van der Waals surface area contributed by atoms with Crippen LogP contribution in [0.4, 0.5) is 18.9 Å². The number of ether oxygens (including phenoxy) is 1. The van der Waals surface area contributed by atoms with Gasteiger partial charge in [-0.15, -0.1) is 11.3 Å². The Morgan fingerprint density at radius 3 is 2.61 bits per heavy atom. The summed E-state index contributed by atoms with van der Waals surface area (Å²) in [6.07, 6.45) is -1.14. The van der Waals surface area contributed by atoms with E-state index in [0.717, 1.165) is 34.9 Å². The Bertz CT molecular complexity index is 1800. The summed E-state index contributed by atoms with van der Waals surface area (Å²) in [5.74, 6) is 0.450. The molecule has 1 aliphatic heterocycles. The zero-order valence-corrected chi connectivity index (χ0v) is 25.0. The number of carbonyl (C=O) groups is 1. The number of thiophene rings is 1. The van der Waals surface area contributed by atoms with Gasteiger partial charge in [-0.25, -0.2) is 4.98 Å². The maximum atomic E-state index is 14.1. The summed E-state index contributed by atoms with van der Waals surface area (Å²) in [6, 6.07) is 16.6. The van der Waals surface area contributed by atoms with Crippen LogP contribution in [0.25, 0.3) is 21.5 Å². The van der Waals surface area contributed by atoms with Crippen LogP contribution in [0.15, 0.2) is 78.4 Å². The van der Waals surface area contributed by atoms with E-state index in [1.54, 1.807) is 37.5 Å². The maximum absolute atomic E-state index is 14.1. The molecular weight excluding hydrogens is 587 g/mol. The third kappa shape index (κ3) is 6.59. The Morgan fingerprint density at radius 1 is 1.05 bits per heavy atom. The lowest BCUT2D eigenvalue weighted by molar-refractivity contribution is -0.138. The molecule has 1 N–H and O–H groups in total. The number of hydrogen-bond acceptors (Lipinski definition) is 7. The monoisotopic (exact) mass is 617 g/mol. The van der Waals surface area contributed by atoms with Gasteiger partial charge in [-0.2, -0.15) is 13.2 Å². The molecule has 5 aromatic rings. The van der Waals surface area contributed by atoms with Crippen molar-refractivity contribution >= 4 is 33.1 Å². The number of benzene rings is 2. The van der Waals surface area contributed by atoms with Gasteiger partial charge in [0.15, 0.2) is 0 Å². The first-order chi connectivity index (χ1) is 21.1. The minimum Gasteiger partial charge on any atom is -0.457 e. The predicted molar refractivity (Wildman–Crippen MR) is 166 cm³/mol. The predicted octanol–water partition coefficient (Wildman–Crippen LogP) is 7.48. The minimum absolute atomic E-state index is 0.0744. The maximum Gasteiger partial charge on any atom is 0.416 e. The highest BCUT2D eigenvalue weighted by atomic mass is 32.1. The van der Waals surface area contributed by atoms with Crippen LogP contribution in [0, 0.1) is 6.92 Å². The molecule has 6 rings (SSSR count). The summed E-state index contributed by atoms with van der Waals surface area (Å²) < 4.78 is 48.5. The number of pyridine rings is 2. The molecule has 7 nitrogen and oxygen atoms in total. The molecule has 0 bridgehead atoms. The number of amides is 1. The molecule has 226 valence electrons. The number of anilines is 1. The van der Waals surface area contributed by atoms with Crippen molar-refractivity contribution in [1.29, 1.82) is 0 Å². The van der Waals surface area contributed by atoms with Crippen LogP contribution >= 0.6 is 11.3 Å². The van der Waals surface area contributed by atoms with Crippen molar-refractivity contribution in [3.8, 4) is 22.8 Å². The van der Waals surface area contributed by atoms with Gasteiger partial charge in [-0.05, 0) is 72.9 Å². The molecule has 2 aromatic carbocycles. The molecule has 1 amide bonds. The highest BCUT2D eigenvalue weighted by molar-refractivity contribution is 7.16. The van der Waals surface area contributed by atoms with Crippen molar-refractivity contribution in [2.75, 3.05) is 38.5 Å². The molecule has 0 spiro atoms. The largest absolute Gasteiger partial charge is 0.457 e. The number of aryl methyl sites for hydroxylation is 1. The van der Waals surface area contributed by atoms with Gasteiger partial charge in [0.05, 0.1) is 16.6 Å². The third-order valence-corrected chi connectivity index (χ3v) is 8.51. The first-order valence-corrected chi connectivity index (χ1v) is 15.0. The normalized spacial score (nSPS) is 14.6. The van der Waals surface area contributed by atoms with E-state index < -0.39 is 17.6 Å². The SMILES string of the molecule is Cc1ccc(Oc2cc(-c3cccnc3)nc3sccc23)cc1C(=O)Nc1ccc(CN2CCN(C)CC2)c(C(F)(F)F)c1. The van der Waals surface area contributed by atoms with Crippen LogP contribution in [-0.4, -0.2) is 58.9 Å². The van der Waals surface area contributed by atoms with Crippen LogP contribution in [0.2, 0.25) is 0 Å². The van der Waals surface area contributed by atoms with Crippen LogP contribution in [0.3, 0.4) is 0 Å². The van der Waals surface area contributed by atoms with Crippen molar-refractivity contribution in [2.24, 2.45) is 0 Å². The minimum atomic E-state index is -4.56. The van der Waals surface area contributed by atoms with Gasteiger partial charge >= 0.3 is 6.18 Å². The Kier molecular flexibility index (Phi) is 8.35. The van der Waals surface area contributed by atoms with E-state index in [2.05, 4.69) is 15.2 Å². The molecule has 3 aromatic heterocycles. The second-order valence-corrected chi connectivity index (χ2v) is 11.8. The molecule has 0 aliphatic carbocycles. The van der Waals surface area contributed by atoms with Gasteiger partial charge in [-0.3, -0.25) is 14.7 Å². The van der Waals surface area contributed by atoms with Gasteiger partial charge in [0.25, 0.3) is 5.91 Å². The fourth-order valence-corrected chi connectivity index (χ4v) is 5.98. The van der Waals surface area contributed by atoms with Crippen molar-refractivity contribution in [2.45, 2.75) is 19.6 Å². The van der Waals surface area contributed by atoms with Crippen molar-refractivity contribution in [3.63, 3.8) is 0 Å². The molecule has 1 fully saturated rings. The lowest BCUT2D eigenvalue weighted by Crippen LogP contribution is -2.44. The van der Waals surface area contributed by atoms with Crippen molar-refractivity contribution in [3.05, 3.63) is 101 Å². The first kappa shape index (κ1) is 29.7. The van der Waals surface area contributed by atoms with E-state index in [0.29, 0.717) is 41.4 Å². The summed E-state index contributed by atoms with van der Waals surface area (Å²) in [6.45, 7) is 4.98. The fourth-order valence-electron chi connectivity index (χ4n) is 5.20. The summed E-state index contributed by atoms with van der Waals surface area (Å²) in [5.41, 5.74) is 2.00. The topological polar surface area (TPSA) is 70.6 Å². The highest BCUT2D eigenvalue weighted by Crippen LogP contribution is 2.37. The van der Waals surface area contributed by atoms with Gasteiger partial charge in [-0.1, -0.05) is 12.1 Å². The summed E-state index contributed by atoms with van der Waals surface area (Å²) in [7, 11) is 2.00. The third-order valence-electron chi connectivity index (χ3n) is 7.70. The summed E-state index contributed by atoms with van der Waals surface area (Å²) in [4.78, 5) is 27.2. The average Bonchev–Trinajstić information content (AvgIpc) is 3.49. The highest BCUT2D eigenvalue weighted by Gasteiger charge is 2.34. The molecule has 0 unspecified atom stereocenters. The number of nitrogens with one attached hydrogen (secondary N) is 1. The van der Waals surface area contributed by atoms with Gasteiger partial charge in [0.1, 0.15) is 16.3 Å². The first-order valence-electron chi connectivity index (χ1n) is 14.1. The standard InChI is InChI=1S/C33H30F3N5O2S/c1-21-5-8-25(43-30-18-29(22-4-3-10-37-19-22)39-32-26(30)9-15-44-32)17-27(21)31(42)38-24-7-6-23(28(16-24)33(34,35)36)20-41-13-11-40(2)12-14-41/h3-10,15-19H,11-14,20H2,1-2H3,(H,38,42). The molecular formula is C33H30F3N5O2S. The number of fused-ring (bicyclic) bond motifs is 1. The smallest absolute Gasteiger partial charge is 0.416 e. The van der Waals surface area contributed by atoms with E-state index in [-0.39, 0.29) is 17.8 Å². The number of aromatic nitrogens is 2. The van der Waals surface area contributed by atoms with E-state index in [1.807, 2.05) is 41.6 Å². The average molecular weight is 618 g/mol. The Labute approximate surface area is 256 Å². The molecule has 11 heteroatoms. The molecule has 44 heavy (non-hydrogen) atoms. The molecule has 1 saturated heterocycles. The van der Waals surface area contributed by atoms with E-state index >= 15 is 0 Å². The van der Waals surface area contributed by atoms with E-state index in [9.17, 15) is 18.0 Å². The number of carbonyl (C=O) groups excluding carboxylic acids is 1. The number of likely N-dealkylation sites (N-methyl/N-ethyl adjacent to an activating group) is 1. The second-order valence-electron chi connectivity index (χ2n) is 10.9. The van der Waals surface area contributed by atoms with Crippen LogP contribution in [0.5, 0.6) is 11.5 Å². The quantitative estimate of drug-likeness (QED) is 0.204. The van der Waals surface area contributed by atoms with Gasteiger partial charge in [0, 0.05) is 68.0 Å². The van der Waals surface area contributed by atoms with Crippen LogP contribution in [0.1, 0.15) is 27.0 Å². The molecule has 0 atom stereocenters. The van der Waals surface area contributed by atoms with Crippen molar-refractivity contribution < 1.29 is 22.7 Å². The summed E-state index contributed by atoms with van der Waals surface area (Å²) in [5, 5.41) is 5.42. The number of halogens is 3. The number of alkyl halides is 3. The van der Waals surface area contributed by atoms with Crippen molar-refractivity contribution in [1.82, 2.24) is 19.8 Å². The molecule has 0 saturated carbocycles. The van der Waals surface area contributed by atoms with Gasteiger partial charge < -0.3 is 15.0 Å². The second kappa shape index (κ2) is 12.4. The van der Waals surface area contributed by atoms with E-state index in [1.165, 1.54) is 23.5 Å². The molecule has 1 aliphatic rings. The lowest BCUT2D eigenvalue weighted by atomic mass is 10.0. The van der Waals surface area contributed by atoms with E-state index in [4.69, 9.17) is 9.72 Å². The number of nitrogens with zero attached hydrogens (tertiary/aromatic N) is 4. The Balaban J connectivity index is 1.24. The molecule has 0 radical (unpaired) electrons. The number of piperazine rings is 1. The zero-order valence-electron chi connectivity index (χ0n) is 24.2.